The van der Waals surface area contributed by atoms with Crippen molar-refractivity contribution in [2.24, 2.45) is 16.0 Å². The summed E-state index contributed by atoms with van der Waals surface area (Å²) in [5.41, 5.74) is 18.2. The Balaban J connectivity index is 1.88. The molecule has 26 heavy (non-hydrogen) atoms. The lowest BCUT2D eigenvalue weighted by atomic mass is 9.91. The van der Waals surface area contributed by atoms with Gasteiger partial charge in [-0.25, -0.2) is 0 Å². The van der Waals surface area contributed by atoms with Crippen molar-refractivity contribution in [2.75, 3.05) is 0 Å². The fraction of sp³-hybridized carbons (Fsp3) is 0.0556. The van der Waals surface area contributed by atoms with E-state index in [1.165, 1.54) is 24.3 Å². The molecule has 0 saturated carbocycles. The standard InChI is InChI=1S/C18H14N6O2/c19-17-16(23-22-13-6-8-14(9-7-13)24(25)26)11-10-15(18(17)21-20)12-4-2-1-3-5-12/h1-11,17H,19H2. The Morgan fingerprint density at radius 1 is 1.04 bits per heavy atom. The molecule has 8 heteroatoms. The molecule has 2 aromatic rings. The Labute approximate surface area is 148 Å². The molecular formula is C18H14N6O2. The van der Waals surface area contributed by atoms with Crippen LogP contribution in [0.1, 0.15) is 5.56 Å². The lowest BCUT2D eigenvalue weighted by Gasteiger charge is -2.14. The largest absolute Gasteiger partial charge is 0.361 e. The summed E-state index contributed by atoms with van der Waals surface area (Å²) in [6.45, 7) is 0. The molecule has 1 atom stereocenters. The van der Waals surface area contributed by atoms with E-state index in [-0.39, 0.29) is 11.4 Å². The molecule has 0 aliphatic heterocycles. The number of allylic oxidation sites excluding steroid dienone is 2. The maximum atomic E-state index is 10.7. The highest BCUT2D eigenvalue weighted by molar-refractivity contribution is 6.25. The Kier molecular flexibility index (Phi) is 4.89. The fourth-order valence-corrected chi connectivity index (χ4v) is 2.50. The van der Waals surface area contributed by atoms with Crippen molar-refractivity contribution in [1.82, 2.24) is 0 Å². The molecule has 1 aliphatic rings. The van der Waals surface area contributed by atoms with Crippen molar-refractivity contribution in [1.29, 1.82) is 0 Å². The van der Waals surface area contributed by atoms with Crippen LogP contribution >= 0.6 is 0 Å². The van der Waals surface area contributed by atoms with Crippen molar-refractivity contribution < 1.29 is 9.71 Å². The summed E-state index contributed by atoms with van der Waals surface area (Å²) in [6, 6.07) is 14.3. The number of hydrogen-bond donors (Lipinski definition) is 1. The molecule has 2 aromatic carbocycles. The molecular weight excluding hydrogens is 332 g/mol. The normalized spacial score (nSPS) is 16.8. The number of nitro benzene ring substituents is 1. The maximum absolute atomic E-state index is 10.7. The van der Waals surface area contributed by atoms with E-state index in [0.29, 0.717) is 17.0 Å². The van der Waals surface area contributed by atoms with Crippen molar-refractivity contribution in [2.45, 2.75) is 6.04 Å². The van der Waals surface area contributed by atoms with Crippen LogP contribution in [0.5, 0.6) is 0 Å². The lowest BCUT2D eigenvalue weighted by Crippen LogP contribution is -2.35. The fourth-order valence-electron chi connectivity index (χ4n) is 2.50. The van der Waals surface area contributed by atoms with Crippen molar-refractivity contribution >= 4 is 22.7 Å². The molecule has 0 spiro atoms. The van der Waals surface area contributed by atoms with Crippen molar-refractivity contribution in [3.63, 3.8) is 0 Å². The zero-order chi connectivity index (χ0) is 18.5. The van der Waals surface area contributed by atoms with Crippen LogP contribution in [0.15, 0.2) is 82.7 Å². The van der Waals surface area contributed by atoms with Gasteiger partial charge in [-0.05, 0) is 29.8 Å². The number of nitrogens with two attached hydrogens (primary N) is 1. The molecule has 0 saturated heterocycles. The van der Waals surface area contributed by atoms with Crippen LogP contribution < -0.4 is 5.73 Å². The van der Waals surface area contributed by atoms with E-state index in [2.05, 4.69) is 15.0 Å². The molecule has 8 nitrogen and oxygen atoms in total. The highest BCUT2D eigenvalue weighted by Gasteiger charge is 2.31. The Morgan fingerprint density at radius 3 is 2.35 bits per heavy atom. The minimum Gasteiger partial charge on any atom is -0.361 e. The van der Waals surface area contributed by atoms with Crippen LogP contribution in [0.2, 0.25) is 0 Å². The molecule has 3 rings (SSSR count). The van der Waals surface area contributed by atoms with Gasteiger partial charge >= 0.3 is 5.71 Å². The summed E-state index contributed by atoms with van der Waals surface area (Å²) in [7, 11) is 0. The van der Waals surface area contributed by atoms with Gasteiger partial charge in [0.15, 0.2) is 6.04 Å². The summed E-state index contributed by atoms with van der Waals surface area (Å²) >= 11 is 0. The van der Waals surface area contributed by atoms with E-state index in [0.717, 1.165) is 5.56 Å². The maximum Gasteiger partial charge on any atom is 0.322 e. The van der Waals surface area contributed by atoms with Gasteiger partial charge in [-0.3, -0.25) is 10.1 Å². The second-order valence-corrected chi connectivity index (χ2v) is 5.47. The zero-order valence-electron chi connectivity index (χ0n) is 13.6. The van der Waals surface area contributed by atoms with E-state index in [4.69, 9.17) is 5.73 Å². The third-order valence-electron chi connectivity index (χ3n) is 3.84. The minimum absolute atomic E-state index is 0.0253. The molecule has 0 aromatic heterocycles. The number of benzene rings is 2. The highest BCUT2D eigenvalue weighted by Crippen LogP contribution is 2.25. The summed E-state index contributed by atoms with van der Waals surface area (Å²) in [6.07, 6.45) is 3.47. The highest BCUT2D eigenvalue weighted by atomic mass is 16.6. The van der Waals surface area contributed by atoms with Gasteiger partial charge in [0, 0.05) is 12.1 Å². The van der Waals surface area contributed by atoms with Crippen LogP contribution in [0.4, 0.5) is 11.4 Å². The Morgan fingerprint density at radius 2 is 1.73 bits per heavy atom. The SMILES string of the molecule is [N-]=[N+]=C1C(c2ccccc2)=CC=C(N=Nc2ccc([N+](=O)[O-])cc2)C1N. The van der Waals surface area contributed by atoms with E-state index in [9.17, 15) is 15.6 Å². The predicted octanol–water partition coefficient (Wildman–Crippen LogP) is 3.66. The molecule has 2 N–H and O–H groups in total. The third-order valence-corrected chi connectivity index (χ3v) is 3.84. The van der Waals surface area contributed by atoms with Crippen LogP contribution in [-0.4, -0.2) is 21.5 Å². The average molecular weight is 346 g/mol. The summed E-state index contributed by atoms with van der Waals surface area (Å²) in [5.74, 6) is 0. The predicted molar refractivity (Wildman–Crippen MR) is 96.7 cm³/mol. The van der Waals surface area contributed by atoms with E-state index < -0.39 is 11.0 Å². The molecule has 128 valence electrons. The second-order valence-electron chi connectivity index (χ2n) is 5.47. The number of hydrogen-bond acceptors (Lipinski definition) is 5. The Hall–Kier alpha value is -3.74. The van der Waals surface area contributed by atoms with Gasteiger partial charge in [0.25, 0.3) is 5.69 Å². The second kappa shape index (κ2) is 7.43. The monoisotopic (exact) mass is 346 g/mol. The van der Waals surface area contributed by atoms with E-state index >= 15 is 0 Å². The van der Waals surface area contributed by atoms with Crippen molar-refractivity contribution in [3.05, 3.63) is 93.7 Å². The number of nitro groups is 1. The molecule has 0 amide bonds. The first-order valence-electron chi connectivity index (χ1n) is 7.71. The molecule has 1 aliphatic carbocycles. The third kappa shape index (κ3) is 3.51. The van der Waals surface area contributed by atoms with Gasteiger partial charge in [0.2, 0.25) is 0 Å². The number of non-ortho nitro benzene ring substituents is 1. The first kappa shape index (κ1) is 17.1. The summed E-state index contributed by atoms with van der Waals surface area (Å²) in [4.78, 5) is 13.5. The lowest BCUT2D eigenvalue weighted by molar-refractivity contribution is -0.384. The molecule has 1 unspecified atom stereocenters. The van der Waals surface area contributed by atoms with Crippen LogP contribution in [-0.2, 0) is 0 Å². The summed E-state index contributed by atoms with van der Waals surface area (Å²) < 4.78 is 0. The number of azo groups is 1. The quantitative estimate of drug-likeness (QED) is 0.392. The van der Waals surface area contributed by atoms with Gasteiger partial charge in [-0.2, -0.15) is 15.0 Å². The average Bonchev–Trinajstić information content (AvgIpc) is 2.67. The number of rotatable bonds is 4. The topological polar surface area (TPSA) is 130 Å². The van der Waals surface area contributed by atoms with Crippen molar-refractivity contribution in [3.8, 4) is 0 Å². The number of nitrogens with zero attached hydrogens (tertiary/aromatic N) is 5. The first-order valence-corrected chi connectivity index (χ1v) is 7.71. The van der Waals surface area contributed by atoms with E-state index in [1.54, 1.807) is 12.2 Å². The van der Waals surface area contributed by atoms with Gasteiger partial charge in [-0.1, -0.05) is 30.3 Å². The van der Waals surface area contributed by atoms with Gasteiger partial charge < -0.3 is 11.3 Å². The smallest absolute Gasteiger partial charge is 0.322 e. The van der Waals surface area contributed by atoms with Crippen LogP contribution in [0.3, 0.4) is 0 Å². The summed E-state index contributed by atoms with van der Waals surface area (Å²) in [5, 5.41) is 18.8. The zero-order valence-corrected chi connectivity index (χ0v) is 13.6. The molecule has 0 radical (unpaired) electrons. The minimum atomic E-state index is -0.748. The van der Waals surface area contributed by atoms with E-state index in [1.807, 2.05) is 30.3 Å². The Bertz CT molecular complexity index is 971. The van der Waals surface area contributed by atoms with Gasteiger partial charge in [0.05, 0.1) is 21.9 Å². The van der Waals surface area contributed by atoms with Gasteiger partial charge in [0.1, 0.15) is 0 Å². The molecule has 0 fully saturated rings. The van der Waals surface area contributed by atoms with Crippen LogP contribution in [0.25, 0.3) is 11.1 Å². The molecule has 0 heterocycles. The first-order chi connectivity index (χ1) is 12.6. The van der Waals surface area contributed by atoms with Gasteiger partial charge in [-0.15, -0.1) is 0 Å². The van der Waals surface area contributed by atoms with Crippen LogP contribution in [0, 0.1) is 10.1 Å². The molecule has 0 bridgehead atoms.